The Bertz CT molecular complexity index is 512. The maximum atomic E-state index is 11.5. The lowest BCUT2D eigenvalue weighted by atomic mass is 10.0. The summed E-state index contributed by atoms with van der Waals surface area (Å²) in [5.41, 5.74) is 2.98. The van der Waals surface area contributed by atoms with Gasteiger partial charge >= 0.3 is 5.97 Å². The molecule has 20 heavy (non-hydrogen) atoms. The zero-order valence-corrected chi connectivity index (χ0v) is 11.9. The van der Waals surface area contributed by atoms with E-state index in [4.69, 9.17) is 9.84 Å². The van der Waals surface area contributed by atoms with Gasteiger partial charge in [-0.05, 0) is 48.7 Å². The van der Waals surface area contributed by atoms with Crippen LogP contribution in [0.3, 0.4) is 0 Å². The Kier molecular flexibility index (Phi) is 5.77. The lowest BCUT2D eigenvalue weighted by molar-refractivity contribution is -0.136. The summed E-state index contributed by atoms with van der Waals surface area (Å²) in [6, 6.07) is 3.80. The van der Waals surface area contributed by atoms with Gasteiger partial charge in [-0.2, -0.15) is 0 Å². The highest BCUT2D eigenvalue weighted by molar-refractivity contribution is 5.92. The molecule has 108 valence electrons. The number of carboxylic acids is 1. The predicted molar refractivity (Wildman–Crippen MR) is 76.8 cm³/mol. The number of carbonyl (C=O) groups is 2. The Labute approximate surface area is 118 Å². The maximum absolute atomic E-state index is 11.5. The minimum Gasteiger partial charge on any atom is -0.497 e. The molecule has 1 amide bonds. The largest absolute Gasteiger partial charge is 0.497 e. The van der Waals surface area contributed by atoms with Crippen molar-refractivity contribution in [1.82, 2.24) is 5.32 Å². The fraction of sp³-hybridized carbons (Fsp3) is 0.333. The number of hydrogen-bond donors (Lipinski definition) is 2. The summed E-state index contributed by atoms with van der Waals surface area (Å²) in [5.74, 6) is -0.458. The third kappa shape index (κ3) is 4.76. The minimum absolute atomic E-state index is 0.0832. The Morgan fingerprint density at radius 2 is 1.90 bits per heavy atom. The zero-order valence-electron chi connectivity index (χ0n) is 11.9. The van der Waals surface area contributed by atoms with E-state index in [1.807, 2.05) is 26.0 Å². The molecule has 5 heteroatoms. The van der Waals surface area contributed by atoms with E-state index >= 15 is 0 Å². The number of rotatable bonds is 6. The number of aliphatic carboxylic acids is 1. The number of aryl methyl sites for hydroxylation is 2. The van der Waals surface area contributed by atoms with E-state index in [0.29, 0.717) is 0 Å². The second kappa shape index (κ2) is 7.33. The Balaban J connectivity index is 2.70. The molecule has 0 saturated carbocycles. The topological polar surface area (TPSA) is 75.6 Å². The normalized spacial score (nSPS) is 10.6. The SMILES string of the molecule is COc1cc(C)c(/C=C/C(=O)NCCC(=O)O)c(C)c1. The van der Waals surface area contributed by atoms with Crippen molar-refractivity contribution in [3.05, 3.63) is 34.9 Å². The smallest absolute Gasteiger partial charge is 0.305 e. The van der Waals surface area contributed by atoms with E-state index in [2.05, 4.69) is 5.32 Å². The zero-order chi connectivity index (χ0) is 15.1. The molecule has 2 N–H and O–H groups in total. The van der Waals surface area contributed by atoms with Gasteiger partial charge in [-0.15, -0.1) is 0 Å². The Morgan fingerprint density at radius 3 is 2.40 bits per heavy atom. The highest BCUT2D eigenvalue weighted by atomic mass is 16.5. The average Bonchev–Trinajstić information content (AvgIpc) is 2.36. The first-order valence-electron chi connectivity index (χ1n) is 6.27. The molecule has 0 aromatic heterocycles. The molecule has 0 unspecified atom stereocenters. The lowest BCUT2D eigenvalue weighted by Gasteiger charge is -2.08. The molecule has 5 nitrogen and oxygen atoms in total. The van der Waals surface area contributed by atoms with Crippen molar-refractivity contribution in [2.24, 2.45) is 0 Å². The molecule has 0 aliphatic heterocycles. The molecule has 0 aliphatic carbocycles. The molecule has 0 aliphatic rings. The van der Waals surface area contributed by atoms with E-state index < -0.39 is 5.97 Å². The van der Waals surface area contributed by atoms with Gasteiger partial charge in [-0.25, -0.2) is 0 Å². The quantitative estimate of drug-likeness (QED) is 0.779. The van der Waals surface area contributed by atoms with Crippen molar-refractivity contribution >= 4 is 18.0 Å². The van der Waals surface area contributed by atoms with Crippen LogP contribution in [0.15, 0.2) is 18.2 Å². The Morgan fingerprint density at radius 1 is 1.30 bits per heavy atom. The van der Waals surface area contributed by atoms with Crippen LogP contribution in [-0.2, 0) is 9.59 Å². The Hall–Kier alpha value is -2.30. The fourth-order valence-electron chi connectivity index (χ4n) is 1.83. The minimum atomic E-state index is -0.934. The number of carboxylic acid groups (broad SMARTS) is 1. The maximum Gasteiger partial charge on any atom is 0.305 e. The molecule has 1 aromatic rings. The number of nitrogens with one attached hydrogen (secondary N) is 1. The number of benzene rings is 1. The van der Waals surface area contributed by atoms with Crippen LogP contribution < -0.4 is 10.1 Å². The third-order valence-corrected chi connectivity index (χ3v) is 2.84. The van der Waals surface area contributed by atoms with Crippen LogP contribution in [0.5, 0.6) is 5.75 Å². The molecule has 1 rings (SSSR count). The van der Waals surface area contributed by atoms with Crippen molar-refractivity contribution in [3.8, 4) is 5.75 Å². The summed E-state index contributed by atoms with van der Waals surface area (Å²) in [6.07, 6.45) is 3.05. The predicted octanol–water partition coefficient (Wildman–Crippen LogP) is 1.92. The van der Waals surface area contributed by atoms with Crippen molar-refractivity contribution < 1.29 is 19.4 Å². The van der Waals surface area contributed by atoms with Gasteiger partial charge in [0.2, 0.25) is 5.91 Å². The van der Waals surface area contributed by atoms with Crippen LogP contribution in [0.2, 0.25) is 0 Å². The summed E-state index contributed by atoms with van der Waals surface area (Å²) in [6.45, 7) is 4.01. The standard InChI is InChI=1S/C15H19NO4/c1-10-8-12(20-3)9-11(2)13(10)4-5-14(17)16-7-6-15(18)19/h4-5,8-9H,6-7H2,1-3H3,(H,16,17)(H,18,19)/b5-4+. The van der Waals surface area contributed by atoms with Gasteiger partial charge < -0.3 is 15.2 Å². The van der Waals surface area contributed by atoms with Gasteiger partial charge in [-0.3, -0.25) is 9.59 Å². The summed E-state index contributed by atoms with van der Waals surface area (Å²) in [4.78, 5) is 21.9. The number of amides is 1. The van der Waals surface area contributed by atoms with Crippen molar-refractivity contribution in [2.45, 2.75) is 20.3 Å². The highest BCUT2D eigenvalue weighted by Gasteiger charge is 2.04. The second-order valence-corrected chi connectivity index (χ2v) is 4.44. The average molecular weight is 277 g/mol. The molecule has 0 radical (unpaired) electrons. The summed E-state index contributed by atoms with van der Waals surface area (Å²) < 4.78 is 5.17. The van der Waals surface area contributed by atoms with Crippen LogP contribution in [-0.4, -0.2) is 30.6 Å². The molecule has 0 bridgehead atoms. The van der Waals surface area contributed by atoms with Crippen LogP contribution in [0.25, 0.3) is 6.08 Å². The number of ether oxygens (including phenoxy) is 1. The number of hydrogen-bond acceptors (Lipinski definition) is 3. The van der Waals surface area contributed by atoms with Gasteiger partial charge in [0.05, 0.1) is 13.5 Å². The van der Waals surface area contributed by atoms with Crippen molar-refractivity contribution in [2.75, 3.05) is 13.7 Å². The van der Waals surface area contributed by atoms with Gasteiger partial charge in [0.15, 0.2) is 0 Å². The van der Waals surface area contributed by atoms with Gasteiger partial charge in [0.1, 0.15) is 5.75 Å². The van der Waals surface area contributed by atoms with Crippen LogP contribution in [0, 0.1) is 13.8 Å². The second-order valence-electron chi connectivity index (χ2n) is 4.44. The molecular weight excluding hydrogens is 258 g/mol. The van der Waals surface area contributed by atoms with Crippen molar-refractivity contribution in [3.63, 3.8) is 0 Å². The fourth-order valence-corrected chi connectivity index (χ4v) is 1.83. The van der Waals surface area contributed by atoms with E-state index in [-0.39, 0.29) is 18.9 Å². The summed E-state index contributed by atoms with van der Waals surface area (Å²) in [5, 5.41) is 11.0. The molecule has 0 saturated heterocycles. The third-order valence-electron chi connectivity index (χ3n) is 2.84. The molecule has 0 fully saturated rings. The van der Waals surface area contributed by atoms with Gasteiger partial charge in [-0.1, -0.05) is 0 Å². The van der Waals surface area contributed by atoms with Crippen molar-refractivity contribution in [1.29, 1.82) is 0 Å². The molecular formula is C15H19NO4. The highest BCUT2D eigenvalue weighted by Crippen LogP contribution is 2.22. The van der Waals surface area contributed by atoms with Gasteiger partial charge in [0, 0.05) is 12.6 Å². The van der Waals surface area contributed by atoms with E-state index in [9.17, 15) is 9.59 Å². The van der Waals surface area contributed by atoms with E-state index in [1.54, 1.807) is 13.2 Å². The van der Waals surface area contributed by atoms with E-state index in [0.717, 1.165) is 22.4 Å². The van der Waals surface area contributed by atoms with Crippen LogP contribution in [0.4, 0.5) is 0 Å². The van der Waals surface area contributed by atoms with Crippen LogP contribution >= 0.6 is 0 Å². The monoisotopic (exact) mass is 277 g/mol. The van der Waals surface area contributed by atoms with Gasteiger partial charge in [0.25, 0.3) is 0 Å². The number of methoxy groups -OCH3 is 1. The first-order valence-corrected chi connectivity index (χ1v) is 6.27. The molecule has 1 aromatic carbocycles. The molecule has 0 heterocycles. The first kappa shape index (κ1) is 15.8. The lowest BCUT2D eigenvalue weighted by Crippen LogP contribution is -2.23. The summed E-state index contributed by atoms with van der Waals surface area (Å²) in [7, 11) is 1.61. The van der Waals surface area contributed by atoms with Crippen LogP contribution in [0.1, 0.15) is 23.1 Å². The number of carbonyl (C=O) groups excluding carboxylic acids is 1. The summed E-state index contributed by atoms with van der Waals surface area (Å²) >= 11 is 0. The van der Waals surface area contributed by atoms with E-state index in [1.165, 1.54) is 6.08 Å². The molecule has 0 atom stereocenters. The first-order chi connectivity index (χ1) is 9.43. The molecule has 0 spiro atoms.